The Bertz CT molecular complexity index is 600. The summed E-state index contributed by atoms with van der Waals surface area (Å²) >= 11 is 0. The number of carboxylic acids is 1. The first-order chi connectivity index (χ1) is 10.6. The molecule has 1 saturated heterocycles. The Morgan fingerprint density at radius 1 is 1.36 bits per heavy atom. The molecule has 5 heteroatoms. The van der Waals surface area contributed by atoms with Crippen LogP contribution in [0.15, 0.2) is 18.2 Å². The molecule has 22 heavy (non-hydrogen) atoms. The highest BCUT2D eigenvalue weighted by Crippen LogP contribution is 2.32. The minimum Gasteiger partial charge on any atom is -0.481 e. The van der Waals surface area contributed by atoms with Crippen LogP contribution >= 0.6 is 0 Å². The van der Waals surface area contributed by atoms with Crippen molar-refractivity contribution in [3.05, 3.63) is 23.8 Å². The maximum Gasteiger partial charge on any atom is 0.308 e. The number of aryl methyl sites for hydroxylation is 1. The lowest BCUT2D eigenvalue weighted by atomic mass is 9.96. The fraction of sp³-hybridized carbons (Fsp3) is 0.529. The van der Waals surface area contributed by atoms with Crippen LogP contribution in [0, 0.1) is 5.92 Å². The molecule has 2 aliphatic heterocycles. The zero-order chi connectivity index (χ0) is 15.7. The topological polar surface area (TPSA) is 60.9 Å². The minimum absolute atomic E-state index is 0.187. The van der Waals surface area contributed by atoms with Crippen molar-refractivity contribution in [2.24, 2.45) is 5.92 Å². The van der Waals surface area contributed by atoms with Crippen molar-refractivity contribution in [1.82, 2.24) is 0 Å². The van der Waals surface area contributed by atoms with Gasteiger partial charge in [-0.3, -0.25) is 9.59 Å². The summed E-state index contributed by atoms with van der Waals surface area (Å²) in [6.45, 7) is 4.16. The van der Waals surface area contributed by atoms with Gasteiger partial charge in [-0.25, -0.2) is 0 Å². The number of piperidine rings is 1. The molecule has 2 heterocycles. The second-order valence-corrected chi connectivity index (χ2v) is 6.07. The Labute approximate surface area is 130 Å². The third kappa shape index (κ3) is 2.67. The van der Waals surface area contributed by atoms with E-state index in [0.29, 0.717) is 19.5 Å². The van der Waals surface area contributed by atoms with E-state index in [-0.39, 0.29) is 11.8 Å². The molecule has 0 saturated carbocycles. The number of hydrogen-bond acceptors (Lipinski definition) is 3. The summed E-state index contributed by atoms with van der Waals surface area (Å²) in [5.74, 6) is -0.796. The van der Waals surface area contributed by atoms with E-state index in [4.69, 9.17) is 0 Å². The van der Waals surface area contributed by atoms with Crippen LogP contribution in [0.4, 0.5) is 11.4 Å². The van der Waals surface area contributed by atoms with Gasteiger partial charge in [-0.1, -0.05) is 0 Å². The van der Waals surface area contributed by atoms with Crippen LogP contribution in [0.2, 0.25) is 0 Å². The molecule has 0 radical (unpaired) electrons. The van der Waals surface area contributed by atoms with Crippen molar-refractivity contribution >= 4 is 23.3 Å². The van der Waals surface area contributed by atoms with Gasteiger partial charge in [0.15, 0.2) is 0 Å². The average molecular weight is 302 g/mol. The predicted octanol–water partition coefficient (Wildman–Crippen LogP) is 2.29. The van der Waals surface area contributed by atoms with Crippen LogP contribution in [0.5, 0.6) is 0 Å². The molecule has 0 bridgehead atoms. The molecule has 1 N–H and O–H groups in total. The standard InChI is InChI=1S/C17H22N2O3/c1-2-19-15-7-6-14(10-12(15)5-8-16(19)20)18-9-3-4-13(11-18)17(21)22/h6-7,10,13H,2-5,8-9,11H2,1H3,(H,21,22). The second kappa shape index (κ2) is 5.99. The summed E-state index contributed by atoms with van der Waals surface area (Å²) < 4.78 is 0. The monoisotopic (exact) mass is 302 g/mol. The number of amides is 1. The number of aliphatic carboxylic acids is 1. The average Bonchev–Trinajstić information content (AvgIpc) is 2.54. The highest BCUT2D eigenvalue weighted by Gasteiger charge is 2.27. The van der Waals surface area contributed by atoms with Gasteiger partial charge in [0.05, 0.1) is 5.92 Å². The number of fused-ring (bicyclic) bond motifs is 1. The largest absolute Gasteiger partial charge is 0.481 e. The molecular formula is C17H22N2O3. The summed E-state index contributed by atoms with van der Waals surface area (Å²) in [4.78, 5) is 27.1. The third-order valence-electron chi connectivity index (χ3n) is 4.72. The quantitative estimate of drug-likeness (QED) is 0.930. The Balaban J connectivity index is 1.84. The number of benzene rings is 1. The van der Waals surface area contributed by atoms with Gasteiger partial charge < -0.3 is 14.9 Å². The third-order valence-corrected chi connectivity index (χ3v) is 4.72. The molecular weight excluding hydrogens is 280 g/mol. The predicted molar refractivity (Wildman–Crippen MR) is 85.4 cm³/mol. The molecule has 2 aliphatic rings. The molecule has 0 spiro atoms. The molecule has 118 valence electrons. The van der Waals surface area contributed by atoms with Crippen LogP contribution in [0.1, 0.15) is 31.7 Å². The summed E-state index contributed by atoms with van der Waals surface area (Å²) in [5, 5.41) is 9.22. The lowest BCUT2D eigenvalue weighted by Crippen LogP contribution is -2.39. The Hall–Kier alpha value is -2.04. The van der Waals surface area contributed by atoms with Gasteiger partial charge >= 0.3 is 5.97 Å². The van der Waals surface area contributed by atoms with E-state index in [0.717, 1.165) is 37.2 Å². The zero-order valence-corrected chi connectivity index (χ0v) is 12.9. The van der Waals surface area contributed by atoms with Crippen molar-refractivity contribution < 1.29 is 14.7 Å². The summed E-state index contributed by atoms with van der Waals surface area (Å²) in [6.07, 6.45) is 3.00. The van der Waals surface area contributed by atoms with Crippen LogP contribution in [0.25, 0.3) is 0 Å². The lowest BCUT2D eigenvalue weighted by Gasteiger charge is -2.34. The van der Waals surface area contributed by atoms with Crippen molar-refractivity contribution in [1.29, 1.82) is 0 Å². The molecule has 1 aromatic rings. The molecule has 0 aliphatic carbocycles. The highest BCUT2D eigenvalue weighted by atomic mass is 16.4. The fourth-order valence-corrected chi connectivity index (χ4v) is 3.50. The van der Waals surface area contributed by atoms with E-state index in [9.17, 15) is 14.7 Å². The molecule has 1 amide bonds. The van der Waals surface area contributed by atoms with Gasteiger partial charge in [0.25, 0.3) is 0 Å². The Morgan fingerprint density at radius 3 is 2.91 bits per heavy atom. The van der Waals surface area contributed by atoms with Gasteiger partial charge in [0.1, 0.15) is 0 Å². The summed E-state index contributed by atoms with van der Waals surface area (Å²) in [5.41, 5.74) is 3.28. The lowest BCUT2D eigenvalue weighted by molar-refractivity contribution is -0.142. The van der Waals surface area contributed by atoms with Gasteiger partial charge in [-0.2, -0.15) is 0 Å². The fourth-order valence-electron chi connectivity index (χ4n) is 3.50. The minimum atomic E-state index is -0.703. The van der Waals surface area contributed by atoms with Gasteiger partial charge in [0.2, 0.25) is 5.91 Å². The normalized spacial score (nSPS) is 21.7. The highest BCUT2D eigenvalue weighted by molar-refractivity contribution is 5.96. The maximum atomic E-state index is 11.9. The van der Waals surface area contributed by atoms with Crippen LogP contribution in [-0.4, -0.2) is 36.6 Å². The number of rotatable bonds is 3. The number of carbonyl (C=O) groups is 2. The Kier molecular flexibility index (Phi) is 4.05. The maximum absolute atomic E-state index is 11.9. The second-order valence-electron chi connectivity index (χ2n) is 6.07. The first kappa shape index (κ1) is 14.9. The Morgan fingerprint density at radius 2 is 2.18 bits per heavy atom. The number of anilines is 2. The molecule has 1 aromatic carbocycles. The zero-order valence-electron chi connectivity index (χ0n) is 12.9. The first-order valence-corrected chi connectivity index (χ1v) is 8.01. The first-order valence-electron chi connectivity index (χ1n) is 8.01. The van der Waals surface area contributed by atoms with Gasteiger partial charge in [-0.05, 0) is 49.9 Å². The summed E-state index contributed by atoms with van der Waals surface area (Å²) in [6, 6.07) is 6.16. The SMILES string of the molecule is CCN1C(=O)CCc2cc(N3CCCC(C(=O)O)C3)ccc21. The molecule has 1 unspecified atom stereocenters. The van der Waals surface area contributed by atoms with E-state index >= 15 is 0 Å². The number of hydrogen-bond donors (Lipinski definition) is 1. The molecule has 5 nitrogen and oxygen atoms in total. The van der Waals surface area contributed by atoms with Crippen molar-refractivity contribution in [3.8, 4) is 0 Å². The number of nitrogens with zero attached hydrogens (tertiary/aromatic N) is 2. The van der Waals surface area contributed by atoms with Crippen molar-refractivity contribution in [3.63, 3.8) is 0 Å². The van der Waals surface area contributed by atoms with Gasteiger partial charge in [0, 0.05) is 37.4 Å². The molecule has 0 aromatic heterocycles. The van der Waals surface area contributed by atoms with E-state index in [2.05, 4.69) is 11.0 Å². The van der Waals surface area contributed by atoms with Gasteiger partial charge in [-0.15, -0.1) is 0 Å². The molecule has 1 atom stereocenters. The van der Waals surface area contributed by atoms with E-state index in [1.165, 1.54) is 5.56 Å². The molecule has 1 fully saturated rings. The van der Waals surface area contributed by atoms with Crippen LogP contribution in [-0.2, 0) is 16.0 Å². The summed E-state index contributed by atoms with van der Waals surface area (Å²) in [7, 11) is 0. The van der Waals surface area contributed by atoms with E-state index < -0.39 is 5.97 Å². The van der Waals surface area contributed by atoms with E-state index in [1.54, 1.807) is 0 Å². The van der Waals surface area contributed by atoms with Crippen molar-refractivity contribution in [2.75, 3.05) is 29.4 Å². The van der Waals surface area contributed by atoms with Crippen LogP contribution in [0.3, 0.4) is 0 Å². The van der Waals surface area contributed by atoms with Crippen LogP contribution < -0.4 is 9.80 Å². The smallest absolute Gasteiger partial charge is 0.308 e. The van der Waals surface area contributed by atoms with E-state index in [1.807, 2.05) is 24.0 Å². The number of carboxylic acid groups (broad SMARTS) is 1. The van der Waals surface area contributed by atoms with Crippen molar-refractivity contribution in [2.45, 2.75) is 32.6 Å². The molecule has 3 rings (SSSR count). The number of carbonyl (C=O) groups excluding carboxylic acids is 1.